The zero-order valence-corrected chi connectivity index (χ0v) is 12.3. The number of aryl methyl sites for hydroxylation is 1. The molecular weight excluding hydrogens is 256 g/mol. The van der Waals surface area contributed by atoms with Crippen LogP contribution in [-0.4, -0.2) is 16.5 Å². The average molecular weight is 276 g/mol. The first-order chi connectivity index (χ1) is 9.28. The Kier molecular flexibility index (Phi) is 4.87. The van der Waals surface area contributed by atoms with Gasteiger partial charge in [0.25, 0.3) is 0 Å². The van der Waals surface area contributed by atoms with Crippen molar-refractivity contribution in [1.29, 1.82) is 0 Å². The van der Waals surface area contributed by atoms with Crippen LogP contribution in [0.3, 0.4) is 0 Å². The second-order valence-electron chi connectivity index (χ2n) is 4.26. The van der Waals surface area contributed by atoms with Gasteiger partial charge in [0.05, 0.1) is 17.9 Å². The molecule has 0 aliphatic rings. The van der Waals surface area contributed by atoms with E-state index in [1.807, 2.05) is 24.4 Å². The standard InChI is InChI=1S/C14H20N4S/c1-3-12-13(9-15)19-14(17-12)18(4-2)10-11-7-5-6-8-16-11/h5-8H,3-4,9-10,15H2,1-2H3. The Morgan fingerprint density at radius 2 is 2.16 bits per heavy atom. The Labute approximate surface area is 118 Å². The minimum Gasteiger partial charge on any atom is -0.342 e. The van der Waals surface area contributed by atoms with Gasteiger partial charge in [-0.15, -0.1) is 11.3 Å². The van der Waals surface area contributed by atoms with Crippen LogP contribution >= 0.6 is 11.3 Å². The van der Waals surface area contributed by atoms with Gasteiger partial charge in [-0.05, 0) is 25.5 Å². The Morgan fingerprint density at radius 3 is 2.68 bits per heavy atom. The van der Waals surface area contributed by atoms with Crippen LogP contribution in [0.5, 0.6) is 0 Å². The number of nitrogens with zero attached hydrogens (tertiary/aromatic N) is 3. The van der Waals surface area contributed by atoms with Crippen LogP contribution in [-0.2, 0) is 19.5 Å². The van der Waals surface area contributed by atoms with E-state index in [9.17, 15) is 0 Å². The zero-order valence-electron chi connectivity index (χ0n) is 11.5. The second-order valence-corrected chi connectivity index (χ2v) is 5.32. The second kappa shape index (κ2) is 6.63. The highest BCUT2D eigenvalue weighted by Crippen LogP contribution is 2.27. The summed E-state index contributed by atoms with van der Waals surface area (Å²) in [5.74, 6) is 0. The third-order valence-electron chi connectivity index (χ3n) is 3.02. The summed E-state index contributed by atoms with van der Waals surface area (Å²) < 4.78 is 0. The van der Waals surface area contributed by atoms with E-state index >= 15 is 0 Å². The summed E-state index contributed by atoms with van der Waals surface area (Å²) in [6, 6.07) is 5.99. The van der Waals surface area contributed by atoms with Gasteiger partial charge in [-0.1, -0.05) is 13.0 Å². The van der Waals surface area contributed by atoms with Crippen molar-refractivity contribution in [3.05, 3.63) is 40.7 Å². The first-order valence-electron chi connectivity index (χ1n) is 6.62. The fraction of sp³-hybridized carbons (Fsp3) is 0.429. The molecule has 2 N–H and O–H groups in total. The van der Waals surface area contributed by atoms with Crippen molar-refractivity contribution < 1.29 is 0 Å². The van der Waals surface area contributed by atoms with E-state index in [4.69, 9.17) is 10.7 Å². The molecule has 0 saturated carbocycles. The number of nitrogens with two attached hydrogens (primary N) is 1. The van der Waals surface area contributed by atoms with E-state index in [2.05, 4.69) is 23.7 Å². The molecule has 4 nitrogen and oxygen atoms in total. The lowest BCUT2D eigenvalue weighted by Crippen LogP contribution is -2.22. The lowest BCUT2D eigenvalue weighted by atomic mass is 10.3. The molecular formula is C14H20N4S. The minimum absolute atomic E-state index is 0.571. The highest BCUT2D eigenvalue weighted by atomic mass is 32.1. The van der Waals surface area contributed by atoms with E-state index in [-0.39, 0.29) is 0 Å². The Bertz CT molecular complexity index is 488. The largest absolute Gasteiger partial charge is 0.342 e. The number of thiazole rings is 1. The molecule has 0 saturated heterocycles. The van der Waals surface area contributed by atoms with Crippen molar-refractivity contribution in [2.24, 2.45) is 5.73 Å². The molecule has 102 valence electrons. The number of hydrogen-bond donors (Lipinski definition) is 1. The topological polar surface area (TPSA) is 55.0 Å². The molecule has 0 aromatic carbocycles. The van der Waals surface area contributed by atoms with Gasteiger partial charge in [-0.25, -0.2) is 4.98 Å². The van der Waals surface area contributed by atoms with Crippen LogP contribution in [0, 0.1) is 0 Å². The summed E-state index contributed by atoms with van der Waals surface area (Å²) in [7, 11) is 0. The number of rotatable bonds is 6. The summed E-state index contributed by atoms with van der Waals surface area (Å²) in [5, 5.41) is 1.05. The van der Waals surface area contributed by atoms with E-state index in [0.29, 0.717) is 6.54 Å². The van der Waals surface area contributed by atoms with Gasteiger partial charge in [-0.3, -0.25) is 4.98 Å². The van der Waals surface area contributed by atoms with Crippen LogP contribution in [0.2, 0.25) is 0 Å². The Morgan fingerprint density at radius 1 is 1.32 bits per heavy atom. The molecule has 0 aliphatic carbocycles. The molecule has 0 aliphatic heterocycles. The Hall–Kier alpha value is -1.46. The predicted octanol–water partition coefficient (Wildman–Crippen LogP) is 2.59. The number of aromatic nitrogens is 2. The summed E-state index contributed by atoms with van der Waals surface area (Å²) in [6.07, 6.45) is 2.76. The minimum atomic E-state index is 0.571. The molecule has 19 heavy (non-hydrogen) atoms. The first-order valence-corrected chi connectivity index (χ1v) is 7.43. The van der Waals surface area contributed by atoms with Crippen LogP contribution in [0.25, 0.3) is 0 Å². The number of anilines is 1. The SMILES string of the molecule is CCc1nc(N(CC)Cc2ccccn2)sc1CN. The molecule has 2 aromatic heterocycles. The van der Waals surface area contributed by atoms with Crippen LogP contribution < -0.4 is 10.6 Å². The predicted molar refractivity (Wildman–Crippen MR) is 80.3 cm³/mol. The maximum Gasteiger partial charge on any atom is 0.186 e. The first kappa shape index (κ1) is 14.0. The summed E-state index contributed by atoms with van der Waals surface area (Å²) in [5.41, 5.74) is 7.96. The summed E-state index contributed by atoms with van der Waals surface area (Å²) >= 11 is 1.70. The maximum absolute atomic E-state index is 5.77. The molecule has 0 fully saturated rings. The molecule has 2 rings (SSSR count). The molecule has 0 atom stereocenters. The lowest BCUT2D eigenvalue weighted by molar-refractivity contribution is 0.801. The van der Waals surface area contributed by atoms with Gasteiger partial charge in [0.1, 0.15) is 0 Å². The van der Waals surface area contributed by atoms with Crippen LogP contribution in [0.4, 0.5) is 5.13 Å². The number of hydrogen-bond acceptors (Lipinski definition) is 5. The van der Waals surface area contributed by atoms with Crippen molar-refractivity contribution in [2.75, 3.05) is 11.4 Å². The number of pyridine rings is 1. The molecule has 0 unspecified atom stereocenters. The molecule has 2 aromatic rings. The average Bonchev–Trinajstić information content (AvgIpc) is 2.89. The maximum atomic E-state index is 5.77. The fourth-order valence-corrected chi connectivity index (χ4v) is 3.03. The van der Waals surface area contributed by atoms with Gasteiger partial charge < -0.3 is 10.6 Å². The van der Waals surface area contributed by atoms with Crippen molar-refractivity contribution >= 4 is 16.5 Å². The third kappa shape index (κ3) is 3.30. The van der Waals surface area contributed by atoms with Crippen LogP contribution in [0.1, 0.15) is 30.1 Å². The van der Waals surface area contributed by atoms with Crippen molar-refractivity contribution in [2.45, 2.75) is 33.4 Å². The fourth-order valence-electron chi connectivity index (χ4n) is 1.94. The van der Waals surface area contributed by atoms with Gasteiger partial charge >= 0.3 is 0 Å². The zero-order chi connectivity index (χ0) is 13.7. The summed E-state index contributed by atoms with van der Waals surface area (Å²) in [4.78, 5) is 12.5. The van der Waals surface area contributed by atoms with Crippen molar-refractivity contribution in [1.82, 2.24) is 9.97 Å². The molecule has 0 spiro atoms. The Balaban J connectivity index is 2.19. The third-order valence-corrected chi connectivity index (χ3v) is 4.20. The quantitative estimate of drug-likeness (QED) is 0.881. The van der Waals surface area contributed by atoms with E-state index in [0.717, 1.165) is 36.0 Å². The molecule has 0 bridgehead atoms. The van der Waals surface area contributed by atoms with Gasteiger partial charge in [0.2, 0.25) is 0 Å². The lowest BCUT2D eigenvalue weighted by Gasteiger charge is -2.19. The molecule has 0 amide bonds. The van der Waals surface area contributed by atoms with Crippen molar-refractivity contribution in [3.8, 4) is 0 Å². The molecule has 5 heteroatoms. The molecule has 0 radical (unpaired) electrons. The van der Waals surface area contributed by atoms with E-state index in [1.54, 1.807) is 11.3 Å². The van der Waals surface area contributed by atoms with Gasteiger partial charge in [0.15, 0.2) is 5.13 Å². The highest BCUT2D eigenvalue weighted by molar-refractivity contribution is 7.15. The summed E-state index contributed by atoms with van der Waals surface area (Å²) in [6.45, 7) is 6.53. The van der Waals surface area contributed by atoms with E-state index in [1.165, 1.54) is 4.88 Å². The van der Waals surface area contributed by atoms with Gasteiger partial charge in [0, 0.05) is 24.2 Å². The van der Waals surface area contributed by atoms with Gasteiger partial charge in [-0.2, -0.15) is 0 Å². The van der Waals surface area contributed by atoms with Crippen molar-refractivity contribution in [3.63, 3.8) is 0 Å². The smallest absolute Gasteiger partial charge is 0.186 e. The van der Waals surface area contributed by atoms with Crippen LogP contribution in [0.15, 0.2) is 24.4 Å². The highest BCUT2D eigenvalue weighted by Gasteiger charge is 2.14. The normalized spacial score (nSPS) is 10.7. The molecule has 2 heterocycles. The monoisotopic (exact) mass is 276 g/mol. The van der Waals surface area contributed by atoms with E-state index < -0.39 is 0 Å².